The Hall–Kier alpha value is -3.43. The maximum atomic E-state index is 12.8. The summed E-state index contributed by atoms with van der Waals surface area (Å²) in [5, 5.41) is 7.93. The SMILES string of the molecule is Cc1ccc(CNC(=O)C(C)OC(=O)c2cc(C)n(Cc3ccc(S(N)(=O)=O)cc3)c2C)cc1. The van der Waals surface area contributed by atoms with Crippen molar-refractivity contribution < 1.29 is 22.7 Å². The second-order valence-corrected chi connectivity index (χ2v) is 9.87. The van der Waals surface area contributed by atoms with Crippen molar-refractivity contribution in [2.45, 2.75) is 51.8 Å². The number of benzene rings is 2. The molecule has 1 aromatic heterocycles. The average Bonchev–Trinajstić information content (AvgIpc) is 3.06. The van der Waals surface area contributed by atoms with Gasteiger partial charge in [0.25, 0.3) is 5.91 Å². The van der Waals surface area contributed by atoms with E-state index in [-0.39, 0.29) is 10.8 Å². The Morgan fingerprint density at radius 3 is 2.18 bits per heavy atom. The van der Waals surface area contributed by atoms with Gasteiger partial charge in [0.1, 0.15) is 0 Å². The third kappa shape index (κ3) is 6.12. The van der Waals surface area contributed by atoms with Crippen molar-refractivity contribution in [2.24, 2.45) is 5.14 Å². The molecule has 0 aliphatic heterocycles. The lowest BCUT2D eigenvalue weighted by molar-refractivity contribution is -0.129. The summed E-state index contributed by atoms with van der Waals surface area (Å²) in [6, 6.07) is 15.8. The van der Waals surface area contributed by atoms with Gasteiger partial charge in [-0.15, -0.1) is 0 Å². The van der Waals surface area contributed by atoms with Crippen molar-refractivity contribution in [3.8, 4) is 0 Å². The third-order valence-electron chi connectivity index (χ3n) is 5.63. The Balaban J connectivity index is 1.64. The van der Waals surface area contributed by atoms with Crippen molar-refractivity contribution in [1.29, 1.82) is 0 Å². The number of carbonyl (C=O) groups excluding carboxylic acids is 2. The fraction of sp³-hybridized carbons (Fsp3) is 0.280. The number of aromatic nitrogens is 1. The molecule has 1 unspecified atom stereocenters. The molecule has 3 rings (SSSR count). The number of nitrogens with zero attached hydrogens (tertiary/aromatic N) is 1. The van der Waals surface area contributed by atoms with E-state index in [2.05, 4.69) is 5.32 Å². The van der Waals surface area contributed by atoms with Crippen molar-refractivity contribution in [3.63, 3.8) is 0 Å². The van der Waals surface area contributed by atoms with E-state index in [0.717, 1.165) is 22.4 Å². The van der Waals surface area contributed by atoms with Crippen LogP contribution in [-0.4, -0.2) is 31.0 Å². The monoisotopic (exact) mass is 483 g/mol. The molecular weight excluding hydrogens is 454 g/mol. The minimum absolute atomic E-state index is 0.0381. The zero-order valence-electron chi connectivity index (χ0n) is 19.7. The van der Waals surface area contributed by atoms with Crippen LogP contribution in [0.5, 0.6) is 0 Å². The largest absolute Gasteiger partial charge is 0.449 e. The topological polar surface area (TPSA) is 120 Å². The van der Waals surface area contributed by atoms with Crippen LogP contribution in [0.3, 0.4) is 0 Å². The number of primary sulfonamides is 1. The lowest BCUT2D eigenvalue weighted by Gasteiger charge is -2.14. The van der Waals surface area contributed by atoms with E-state index in [1.54, 1.807) is 25.1 Å². The molecule has 0 bridgehead atoms. The minimum Gasteiger partial charge on any atom is -0.449 e. The number of nitrogens with one attached hydrogen (secondary N) is 1. The second-order valence-electron chi connectivity index (χ2n) is 8.31. The predicted molar refractivity (Wildman–Crippen MR) is 129 cm³/mol. The van der Waals surface area contributed by atoms with Gasteiger partial charge < -0.3 is 14.6 Å². The molecule has 8 nitrogen and oxygen atoms in total. The van der Waals surface area contributed by atoms with E-state index in [9.17, 15) is 18.0 Å². The van der Waals surface area contributed by atoms with Crippen LogP contribution in [0.15, 0.2) is 59.5 Å². The van der Waals surface area contributed by atoms with Gasteiger partial charge in [0.05, 0.1) is 10.5 Å². The number of amides is 1. The lowest BCUT2D eigenvalue weighted by atomic mass is 10.1. The van der Waals surface area contributed by atoms with Crippen LogP contribution in [0.2, 0.25) is 0 Å². The van der Waals surface area contributed by atoms with E-state index in [0.29, 0.717) is 24.3 Å². The number of hydrogen-bond acceptors (Lipinski definition) is 5. The normalized spacial score (nSPS) is 12.3. The van der Waals surface area contributed by atoms with Crippen molar-refractivity contribution in [1.82, 2.24) is 9.88 Å². The first-order chi connectivity index (χ1) is 16.0. The summed E-state index contributed by atoms with van der Waals surface area (Å²) in [5.41, 5.74) is 4.82. The highest BCUT2D eigenvalue weighted by atomic mass is 32.2. The van der Waals surface area contributed by atoms with Gasteiger partial charge in [-0.25, -0.2) is 18.4 Å². The number of aryl methyl sites for hydroxylation is 2. The zero-order chi connectivity index (χ0) is 25.0. The molecule has 1 amide bonds. The number of carbonyl (C=O) groups is 2. The summed E-state index contributed by atoms with van der Waals surface area (Å²) < 4.78 is 30.2. The smallest absolute Gasteiger partial charge is 0.340 e. The summed E-state index contributed by atoms with van der Waals surface area (Å²) in [5.74, 6) is -0.959. The van der Waals surface area contributed by atoms with Crippen LogP contribution < -0.4 is 10.5 Å². The Labute approximate surface area is 199 Å². The van der Waals surface area contributed by atoms with Gasteiger partial charge in [0.2, 0.25) is 10.0 Å². The van der Waals surface area contributed by atoms with Gasteiger partial charge >= 0.3 is 5.97 Å². The fourth-order valence-electron chi connectivity index (χ4n) is 3.53. The third-order valence-corrected chi connectivity index (χ3v) is 6.56. The fourth-order valence-corrected chi connectivity index (χ4v) is 4.05. The highest BCUT2D eigenvalue weighted by Crippen LogP contribution is 2.19. The van der Waals surface area contributed by atoms with E-state index in [1.807, 2.05) is 42.7 Å². The number of sulfonamides is 1. The van der Waals surface area contributed by atoms with E-state index in [4.69, 9.17) is 9.88 Å². The van der Waals surface area contributed by atoms with E-state index >= 15 is 0 Å². The number of nitrogens with two attached hydrogens (primary N) is 1. The molecule has 9 heteroatoms. The molecule has 3 N–H and O–H groups in total. The maximum Gasteiger partial charge on any atom is 0.340 e. The van der Waals surface area contributed by atoms with Crippen LogP contribution in [0.4, 0.5) is 0 Å². The van der Waals surface area contributed by atoms with Crippen LogP contribution in [0.1, 0.15) is 45.4 Å². The number of hydrogen-bond donors (Lipinski definition) is 2. The molecule has 180 valence electrons. The molecular formula is C25H29N3O5S. The molecule has 0 radical (unpaired) electrons. The molecule has 0 fully saturated rings. The van der Waals surface area contributed by atoms with E-state index in [1.165, 1.54) is 19.1 Å². The molecule has 0 aliphatic rings. The predicted octanol–water partition coefficient (Wildman–Crippen LogP) is 2.97. The highest BCUT2D eigenvalue weighted by Gasteiger charge is 2.22. The van der Waals surface area contributed by atoms with Crippen LogP contribution >= 0.6 is 0 Å². The first kappa shape index (κ1) is 25.2. The summed E-state index contributed by atoms with van der Waals surface area (Å²) in [6.45, 7) is 7.96. The summed E-state index contributed by atoms with van der Waals surface area (Å²) in [6.07, 6.45) is -0.952. The first-order valence-electron chi connectivity index (χ1n) is 10.8. The molecule has 3 aromatic rings. The van der Waals surface area contributed by atoms with E-state index < -0.39 is 22.1 Å². The van der Waals surface area contributed by atoms with Crippen LogP contribution in [0, 0.1) is 20.8 Å². The lowest BCUT2D eigenvalue weighted by Crippen LogP contribution is -2.35. The Kier molecular flexibility index (Phi) is 7.58. The molecule has 2 aromatic carbocycles. The second kappa shape index (κ2) is 10.2. The summed E-state index contributed by atoms with van der Waals surface area (Å²) >= 11 is 0. The maximum absolute atomic E-state index is 12.8. The van der Waals surface area contributed by atoms with Gasteiger partial charge in [-0.2, -0.15) is 0 Å². The zero-order valence-corrected chi connectivity index (χ0v) is 20.5. The van der Waals surface area contributed by atoms with Crippen molar-refractivity contribution in [2.75, 3.05) is 0 Å². The van der Waals surface area contributed by atoms with Gasteiger partial charge in [0, 0.05) is 24.5 Å². The standard InChI is InChI=1S/C25H29N3O5S/c1-16-5-7-20(8-6-16)14-27-24(29)19(4)33-25(30)23-13-17(2)28(18(23)3)15-21-9-11-22(12-10-21)34(26,31)32/h5-13,19H,14-15H2,1-4H3,(H,27,29)(H2,26,31,32). The molecule has 1 atom stereocenters. The summed E-state index contributed by atoms with van der Waals surface area (Å²) in [7, 11) is -3.76. The minimum atomic E-state index is -3.76. The Morgan fingerprint density at radius 1 is 1.00 bits per heavy atom. The molecule has 0 aliphatic carbocycles. The average molecular weight is 484 g/mol. The van der Waals surface area contributed by atoms with Gasteiger partial charge in [-0.1, -0.05) is 42.0 Å². The van der Waals surface area contributed by atoms with Gasteiger partial charge in [-0.3, -0.25) is 4.79 Å². The summed E-state index contributed by atoms with van der Waals surface area (Å²) in [4.78, 5) is 25.2. The molecule has 34 heavy (non-hydrogen) atoms. The van der Waals surface area contributed by atoms with Gasteiger partial charge in [0.15, 0.2) is 6.10 Å². The number of rotatable bonds is 8. The first-order valence-corrected chi connectivity index (χ1v) is 12.3. The molecule has 1 heterocycles. The number of esters is 1. The van der Waals surface area contributed by atoms with Crippen LogP contribution in [-0.2, 0) is 32.6 Å². The van der Waals surface area contributed by atoms with Crippen LogP contribution in [0.25, 0.3) is 0 Å². The Morgan fingerprint density at radius 2 is 1.59 bits per heavy atom. The number of ether oxygens (including phenoxy) is 1. The van der Waals surface area contributed by atoms with Gasteiger partial charge in [-0.05, 0) is 57.0 Å². The van der Waals surface area contributed by atoms with Crippen molar-refractivity contribution >= 4 is 21.9 Å². The molecule has 0 saturated heterocycles. The molecule has 0 saturated carbocycles. The highest BCUT2D eigenvalue weighted by molar-refractivity contribution is 7.89. The molecule has 0 spiro atoms. The Bertz CT molecular complexity index is 1290. The van der Waals surface area contributed by atoms with Crippen molar-refractivity contribution in [3.05, 3.63) is 88.2 Å². The quantitative estimate of drug-likeness (QED) is 0.477.